The zero-order valence-electron chi connectivity index (χ0n) is 15.0. The van der Waals surface area contributed by atoms with Crippen molar-refractivity contribution in [1.29, 1.82) is 0 Å². The molecule has 2 aromatic rings. The van der Waals surface area contributed by atoms with Gasteiger partial charge in [-0.3, -0.25) is 14.5 Å². The minimum Gasteiger partial charge on any atom is -0.376 e. The van der Waals surface area contributed by atoms with Crippen LogP contribution in [0.25, 0.3) is 0 Å². The van der Waals surface area contributed by atoms with Crippen LogP contribution in [-0.2, 0) is 23.1 Å². The van der Waals surface area contributed by atoms with Crippen molar-refractivity contribution in [2.24, 2.45) is 18.9 Å². The highest BCUT2D eigenvalue weighted by Gasteiger charge is 2.45. The average molecular weight is 356 g/mol. The number of fused-ring (bicyclic) bond motifs is 1. The van der Waals surface area contributed by atoms with Crippen LogP contribution in [0.4, 0.5) is 0 Å². The van der Waals surface area contributed by atoms with Gasteiger partial charge in [-0.2, -0.15) is 5.10 Å². The molecule has 138 valence electrons. The van der Waals surface area contributed by atoms with Crippen LogP contribution in [0, 0.1) is 11.8 Å². The van der Waals surface area contributed by atoms with Gasteiger partial charge in [-0.05, 0) is 24.5 Å². The maximum atomic E-state index is 12.6. The van der Waals surface area contributed by atoms with Gasteiger partial charge in [-0.15, -0.1) is 0 Å². The van der Waals surface area contributed by atoms with Gasteiger partial charge in [-0.25, -0.2) is 0 Å². The van der Waals surface area contributed by atoms with Gasteiger partial charge in [0.15, 0.2) is 0 Å². The highest BCUT2D eigenvalue weighted by molar-refractivity contribution is 5.94. The van der Waals surface area contributed by atoms with Crippen molar-refractivity contribution in [2.75, 3.05) is 26.3 Å². The first-order valence-corrected chi connectivity index (χ1v) is 9.08. The van der Waals surface area contributed by atoms with E-state index in [2.05, 4.69) is 10.1 Å². The van der Waals surface area contributed by atoms with Crippen molar-refractivity contribution in [3.63, 3.8) is 0 Å². The van der Waals surface area contributed by atoms with E-state index in [4.69, 9.17) is 9.47 Å². The predicted octanol–water partition coefficient (Wildman–Crippen LogP) is 1.51. The number of likely N-dealkylation sites (tertiary alicyclic amines) is 1. The smallest absolute Gasteiger partial charge is 0.257 e. The lowest BCUT2D eigenvalue weighted by Gasteiger charge is -2.19. The van der Waals surface area contributed by atoms with E-state index in [9.17, 15) is 4.79 Å². The summed E-state index contributed by atoms with van der Waals surface area (Å²) in [7, 11) is 1.82. The number of aromatic nitrogens is 3. The molecular formula is C19H24N4O3. The molecule has 0 aliphatic carbocycles. The fourth-order valence-corrected chi connectivity index (χ4v) is 3.87. The summed E-state index contributed by atoms with van der Waals surface area (Å²) in [6.07, 6.45) is 6.26. The molecule has 7 heteroatoms. The molecular weight excluding hydrogens is 332 g/mol. The normalized spacial score (nSPS) is 24.8. The van der Waals surface area contributed by atoms with Gasteiger partial charge in [0.25, 0.3) is 5.91 Å². The first-order valence-electron chi connectivity index (χ1n) is 9.08. The molecule has 0 aromatic carbocycles. The number of amides is 1. The quantitative estimate of drug-likeness (QED) is 0.734. The van der Waals surface area contributed by atoms with Crippen LogP contribution >= 0.6 is 0 Å². The van der Waals surface area contributed by atoms with E-state index >= 15 is 0 Å². The summed E-state index contributed by atoms with van der Waals surface area (Å²) >= 11 is 0. The van der Waals surface area contributed by atoms with E-state index in [0.717, 1.165) is 25.3 Å². The lowest BCUT2D eigenvalue weighted by Crippen LogP contribution is -2.31. The summed E-state index contributed by atoms with van der Waals surface area (Å²) in [6, 6.07) is 5.83. The molecule has 2 fully saturated rings. The van der Waals surface area contributed by atoms with Gasteiger partial charge >= 0.3 is 0 Å². The molecule has 0 spiro atoms. The monoisotopic (exact) mass is 356 g/mol. The number of carbonyl (C=O) groups is 1. The van der Waals surface area contributed by atoms with Crippen LogP contribution < -0.4 is 0 Å². The minimum absolute atomic E-state index is 0.0428. The molecule has 0 bridgehead atoms. The molecule has 0 radical (unpaired) electrons. The van der Waals surface area contributed by atoms with Crippen molar-refractivity contribution in [3.05, 3.63) is 48.0 Å². The summed E-state index contributed by atoms with van der Waals surface area (Å²) < 4.78 is 13.4. The van der Waals surface area contributed by atoms with Crippen LogP contribution in [0.2, 0.25) is 0 Å². The van der Waals surface area contributed by atoms with Crippen LogP contribution in [0.5, 0.6) is 0 Å². The highest BCUT2D eigenvalue weighted by atomic mass is 16.5. The molecule has 4 rings (SSSR count). The summed E-state index contributed by atoms with van der Waals surface area (Å²) in [5, 5.41) is 4.09. The third kappa shape index (κ3) is 3.64. The Morgan fingerprint density at radius 3 is 3.08 bits per heavy atom. The predicted molar refractivity (Wildman–Crippen MR) is 94.3 cm³/mol. The Hall–Kier alpha value is -2.25. The maximum absolute atomic E-state index is 12.6. The molecule has 0 saturated carbocycles. The molecule has 7 nitrogen and oxygen atoms in total. The zero-order chi connectivity index (χ0) is 17.9. The fraction of sp³-hybridized carbons (Fsp3) is 0.526. The highest BCUT2D eigenvalue weighted by Crippen LogP contribution is 2.36. The number of aryl methyl sites for hydroxylation is 1. The van der Waals surface area contributed by atoms with E-state index in [1.165, 1.54) is 0 Å². The minimum atomic E-state index is 0.0428. The van der Waals surface area contributed by atoms with Crippen molar-refractivity contribution < 1.29 is 14.3 Å². The molecule has 3 atom stereocenters. The van der Waals surface area contributed by atoms with E-state index in [1.807, 2.05) is 30.1 Å². The summed E-state index contributed by atoms with van der Waals surface area (Å²) in [5.74, 6) is 0.880. The van der Waals surface area contributed by atoms with E-state index in [-0.39, 0.29) is 12.0 Å². The van der Waals surface area contributed by atoms with Crippen molar-refractivity contribution in [3.8, 4) is 0 Å². The molecule has 2 aliphatic heterocycles. The number of pyridine rings is 1. The molecule has 26 heavy (non-hydrogen) atoms. The van der Waals surface area contributed by atoms with Crippen molar-refractivity contribution >= 4 is 5.91 Å². The third-order valence-corrected chi connectivity index (χ3v) is 5.29. The Kier molecular flexibility index (Phi) is 4.99. The first kappa shape index (κ1) is 17.2. The Balaban J connectivity index is 1.26. The molecule has 1 amide bonds. The number of hydrogen-bond donors (Lipinski definition) is 0. The lowest BCUT2D eigenvalue weighted by molar-refractivity contribution is 0.0646. The zero-order valence-corrected chi connectivity index (χ0v) is 15.0. The molecule has 4 heterocycles. The van der Waals surface area contributed by atoms with Gasteiger partial charge in [0.05, 0.1) is 36.8 Å². The SMILES string of the molecule is Cn1cc(C(=O)N2C[C@H]3[C@@H](CCOCc4ccccn4)CO[C@H]3C2)cn1. The maximum Gasteiger partial charge on any atom is 0.257 e. The Bertz CT molecular complexity index is 748. The third-order valence-electron chi connectivity index (χ3n) is 5.29. The van der Waals surface area contributed by atoms with Crippen LogP contribution in [0.15, 0.2) is 36.8 Å². The number of nitrogens with zero attached hydrogens (tertiary/aromatic N) is 4. The van der Waals surface area contributed by atoms with E-state index in [0.29, 0.717) is 37.2 Å². The Morgan fingerprint density at radius 2 is 2.31 bits per heavy atom. The van der Waals surface area contributed by atoms with E-state index < -0.39 is 0 Å². The largest absolute Gasteiger partial charge is 0.376 e. The molecule has 2 aliphatic rings. The first-order chi connectivity index (χ1) is 12.7. The lowest BCUT2D eigenvalue weighted by atomic mass is 9.91. The second-order valence-corrected chi connectivity index (χ2v) is 7.07. The topological polar surface area (TPSA) is 69.5 Å². The van der Waals surface area contributed by atoms with Gasteiger partial charge in [-0.1, -0.05) is 6.07 Å². The molecule has 2 saturated heterocycles. The fourth-order valence-electron chi connectivity index (χ4n) is 3.87. The second-order valence-electron chi connectivity index (χ2n) is 7.07. The Morgan fingerprint density at radius 1 is 1.38 bits per heavy atom. The van der Waals surface area contributed by atoms with Crippen LogP contribution in [0.3, 0.4) is 0 Å². The molecule has 0 unspecified atom stereocenters. The van der Waals surface area contributed by atoms with Gasteiger partial charge in [0, 0.05) is 45.1 Å². The van der Waals surface area contributed by atoms with Crippen molar-refractivity contribution in [2.45, 2.75) is 19.1 Å². The number of rotatable bonds is 6. The van der Waals surface area contributed by atoms with Crippen LogP contribution in [0.1, 0.15) is 22.5 Å². The summed E-state index contributed by atoms with van der Waals surface area (Å²) in [6.45, 7) is 3.41. The Labute approximate surface area is 152 Å². The summed E-state index contributed by atoms with van der Waals surface area (Å²) in [5.41, 5.74) is 1.59. The summed E-state index contributed by atoms with van der Waals surface area (Å²) in [4.78, 5) is 18.8. The number of carbonyl (C=O) groups excluding carboxylic acids is 1. The van der Waals surface area contributed by atoms with Gasteiger partial charge < -0.3 is 14.4 Å². The van der Waals surface area contributed by atoms with E-state index in [1.54, 1.807) is 23.3 Å². The van der Waals surface area contributed by atoms with Crippen LogP contribution in [-0.4, -0.2) is 58.0 Å². The number of hydrogen-bond acceptors (Lipinski definition) is 5. The number of ether oxygens (including phenoxy) is 2. The molecule has 0 N–H and O–H groups in total. The average Bonchev–Trinajstić information content (AvgIpc) is 3.35. The standard InChI is InChI=1S/C19H24N4O3/c1-22-9-15(8-21-22)19(24)23-10-17-14(12-26-18(17)11-23)5-7-25-13-16-4-2-3-6-20-16/h2-4,6,8-9,14,17-18H,5,7,10-13H2,1H3/t14-,17-,18-/m0/s1. The molecule has 2 aromatic heterocycles. The van der Waals surface area contributed by atoms with Gasteiger partial charge in [0.2, 0.25) is 0 Å². The second kappa shape index (κ2) is 7.55. The van der Waals surface area contributed by atoms with Gasteiger partial charge in [0.1, 0.15) is 0 Å². The van der Waals surface area contributed by atoms with Crippen molar-refractivity contribution in [1.82, 2.24) is 19.7 Å².